The van der Waals surface area contributed by atoms with Crippen molar-refractivity contribution < 1.29 is 9.63 Å². The monoisotopic (exact) mass is 250 g/mol. The van der Waals surface area contributed by atoms with E-state index in [9.17, 15) is 4.79 Å². The number of hydrogen-bond donors (Lipinski definition) is 1. The first-order valence-electron chi connectivity index (χ1n) is 4.74. The summed E-state index contributed by atoms with van der Waals surface area (Å²) in [6.45, 7) is 0. The lowest BCUT2D eigenvalue weighted by Gasteiger charge is -1.96. The Labute approximate surface area is 101 Å². The van der Waals surface area contributed by atoms with Gasteiger partial charge in [-0.2, -0.15) is 5.10 Å². The second-order valence-electron chi connectivity index (χ2n) is 3.24. The minimum Gasteiger partial charge on any atom is -0.380 e. The SMILES string of the molecule is Cn1cc(C(=O)O/N=C(\N)c2cccs2)cn1. The van der Waals surface area contributed by atoms with Gasteiger partial charge in [0.1, 0.15) is 0 Å². The predicted molar refractivity (Wildman–Crippen MR) is 63.7 cm³/mol. The molecule has 0 bridgehead atoms. The van der Waals surface area contributed by atoms with Crippen LogP contribution in [-0.4, -0.2) is 21.6 Å². The zero-order chi connectivity index (χ0) is 12.3. The second-order valence-corrected chi connectivity index (χ2v) is 4.18. The molecule has 2 rings (SSSR count). The van der Waals surface area contributed by atoms with Crippen molar-refractivity contribution >= 4 is 23.1 Å². The molecule has 0 aliphatic carbocycles. The number of oxime groups is 1. The Morgan fingerprint density at radius 3 is 3.06 bits per heavy atom. The molecule has 0 aliphatic heterocycles. The van der Waals surface area contributed by atoms with E-state index in [2.05, 4.69) is 10.3 Å². The molecule has 0 saturated heterocycles. The van der Waals surface area contributed by atoms with E-state index in [-0.39, 0.29) is 5.84 Å². The maximum Gasteiger partial charge on any atom is 0.368 e. The molecule has 0 saturated carbocycles. The molecule has 2 aromatic rings. The quantitative estimate of drug-likeness (QED) is 0.380. The molecule has 2 aromatic heterocycles. The van der Waals surface area contributed by atoms with Crippen molar-refractivity contribution in [3.8, 4) is 0 Å². The number of nitrogens with two attached hydrogens (primary N) is 1. The number of thiophene rings is 1. The fourth-order valence-electron chi connectivity index (χ4n) is 1.14. The van der Waals surface area contributed by atoms with E-state index in [1.165, 1.54) is 22.2 Å². The standard InChI is InChI=1S/C10H10N4O2S/c1-14-6-7(5-12-14)10(15)16-13-9(11)8-3-2-4-17-8/h2-6H,1H3,(H2,11,13). The number of amidine groups is 1. The first kappa shape index (κ1) is 11.3. The molecule has 0 atom stereocenters. The highest BCUT2D eigenvalue weighted by atomic mass is 32.1. The number of rotatable bonds is 3. The smallest absolute Gasteiger partial charge is 0.368 e. The molecule has 0 fully saturated rings. The largest absolute Gasteiger partial charge is 0.380 e. The van der Waals surface area contributed by atoms with Crippen molar-refractivity contribution in [3.63, 3.8) is 0 Å². The third-order valence-corrected chi connectivity index (χ3v) is 2.83. The van der Waals surface area contributed by atoms with Crippen LogP contribution in [0.3, 0.4) is 0 Å². The Kier molecular flexibility index (Phi) is 3.20. The van der Waals surface area contributed by atoms with E-state index >= 15 is 0 Å². The Morgan fingerprint density at radius 1 is 1.65 bits per heavy atom. The van der Waals surface area contributed by atoms with Crippen molar-refractivity contribution in [2.75, 3.05) is 0 Å². The topological polar surface area (TPSA) is 82.5 Å². The fourth-order valence-corrected chi connectivity index (χ4v) is 1.76. The van der Waals surface area contributed by atoms with Gasteiger partial charge in [-0.1, -0.05) is 11.2 Å². The number of carbonyl (C=O) groups excluding carboxylic acids is 1. The van der Waals surface area contributed by atoms with Crippen molar-refractivity contribution in [2.24, 2.45) is 17.9 Å². The second kappa shape index (κ2) is 4.79. The molecular weight excluding hydrogens is 240 g/mol. The van der Waals surface area contributed by atoms with Crippen molar-refractivity contribution in [2.45, 2.75) is 0 Å². The third-order valence-electron chi connectivity index (χ3n) is 1.94. The average Bonchev–Trinajstić information content (AvgIpc) is 2.95. The Hall–Kier alpha value is -2.15. The van der Waals surface area contributed by atoms with Crippen LogP contribution in [0.15, 0.2) is 35.1 Å². The first-order valence-corrected chi connectivity index (χ1v) is 5.62. The molecule has 0 amide bonds. The van der Waals surface area contributed by atoms with E-state index in [1.54, 1.807) is 19.3 Å². The van der Waals surface area contributed by atoms with Gasteiger partial charge >= 0.3 is 5.97 Å². The zero-order valence-electron chi connectivity index (χ0n) is 9.03. The van der Waals surface area contributed by atoms with Gasteiger partial charge in [0.2, 0.25) is 0 Å². The van der Waals surface area contributed by atoms with Crippen LogP contribution >= 0.6 is 11.3 Å². The van der Waals surface area contributed by atoms with Crippen LogP contribution < -0.4 is 5.73 Å². The molecule has 88 valence electrons. The van der Waals surface area contributed by atoms with Crippen molar-refractivity contribution in [1.29, 1.82) is 0 Å². The summed E-state index contributed by atoms with van der Waals surface area (Å²) >= 11 is 1.42. The molecule has 7 heteroatoms. The molecule has 0 radical (unpaired) electrons. The van der Waals surface area contributed by atoms with Gasteiger partial charge in [0.15, 0.2) is 5.84 Å². The summed E-state index contributed by atoms with van der Waals surface area (Å²) in [5, 5.41) is 9.29. The average molecular weight is 250 g/mol. The van der Waals surface area contributed by atoms with Gasteiger partial charge < -0.3 is 10.6 Å². The summed E-state index contributed by atoms with van der Waals surface area (Å²) in [4.78, 5) is 17.0. The van der Waals surface area contributed by atoms with Gasteiger partial charge in [-0.05, 0) is 11.4 Å². The lowest BCUT2D eigenvalue weighted by molar-refractivity contribution is 0.0516. The van der Waals surface area contributed by atoms with Crippen LogP contribution in [0, 0.1) is 0 Å². The van der Waals surface area contributed by atoms with Gasteiger partial charge in [0, 0.05) is 13.2 Å². The van der Waals surface area contributed by atoms with Crippen LogP contribution in [0.25, 0.3) is 0 Å². The van der Waals surface area contributed by atoms with E-state index < -0.39 is 5.97 Å². The van der Waals surface area contributed by atoms with Crippen molar-refractivity contribution in [3.05, 3.63) is 40.3 Å². The Balaban J connectivity index is 2.03. The molecule has 2 heterocycles. The highest BCUT2D eigenvalue weighted by molar-refractivity contribution is 7.12. The summed E-state index contributed by atoms with van der Waals surface area (Å²) in [7, 11) is 1.71. The summed E-state index contributed by atoms with van der Waals surface area (Å²) in [5.41, 5.74) is 5.96. The van der Waals surface area contributed by atoms with Crippen LogP contribution in [0.1, 0.15) is 15.2 Å². The highest BCUT2D eigenvalue weighted by Gasteiger charge is 2.10. The minimum atomic E-state index is -0.586. The lowest BCUT2D eigenvalue weighted by Crippen LogP contribution is -2.13. The molecule has 0 unspecified atom stereocenters. The Morgan fingerprint density at radius 2 is 2.47 bits per heavy atom. The molecule has 17 heavy (non-hydrogen) atoms. The number of nitrogens with zero attached hydrogens (tertiary/aromatic N) is 3. The van der Waals surface area contributed by atoms with Crippen molar-refractivity contribution in [1.82, 2.24) is 9.78 Å². The number of aromatic nitrogens is 2. The summed E-state index contributed by atoms with van der Waals surface area (Å²) in [6, 6.07) is 3.63. The normalized spacial score (nSPS) is 11.5. The molecule has 0 aromatic carbocycles. The lowest BCUT2D eigenvalue weighted by atomic mass is 10.4. The van der Waals surface area contributed by atoms with E-state index in [1.807, 2.05) is 11.4 Å². The maximum atomic E-state index is 11.5. The predicted octanol–water partition coefficient (Wildman–Crippen LogP) is 0.959. The van der Waals surface area contributed by atoms with Gasteiger partial charge in [-0.3, -0.25) is 4.68 Å². The van der Waals surface area contributed by atoms with Gasteiger partial charge in [-0.25, -0.2) is 4.79 Å². The van der Waals surface area contributed by atoms with E-state index in [4.69, 9.17) is 10.6 Å². The number of aryl methyl sites for hydroxylation is 1. The molecule has 0 aliphatic rings. The first-order chi connectivity index (χ1) is 8.16. The fraction of sp³-hybridized carbons (Fsp3) is 0.100. The van der Waals surface area contributed by atoms with Crippen LogP contribution in [0.5, 0.6) is 0 Å². The van der Waals surface area contributed by atoms with E-state index in [0.717, 1.165) is 4.88 Å². The molecule has 2 N–H and O–H groups in total. The summed E-state index contributed by atoms with van der Waals surface area (Å²) < 4.78 is 1.50. The summed E-state index contributed by atoms with van der Waals surface area (Å²) in [6.07, 6.45) is 2.94. The molecule has 0 spiro atoms. The van der Waals surface area contributed by atoms with Gasteiger partial charge in [0.05, 0.1) is 16.6 Å². The number of carbonyl (C=O) groups is 1. The minimum absolute atomic E-state index is 0.178. The third kappa shape index (κ3) is 2.70. The van der Waals surface area contributed by atoms with Crippen LogP contribution in [0.4, 0.5) is 0 Å². The van der Waals surface area contributed by atoms with Crippen LogP contribution in [-0.2, 0) is 11.9 Å². The van der Waals surface area contributed by atoms with Gasteiger partial charge in [-0.15, -0.1) is 11.3 Å². The maximum absolute atomic E-state index is 11.5. The number of hydrogen-bond acceptors (Lipinski definition) is 5. The highest BCUT2D eigenvalue weighted by Crippen LogP contribution is 2.08. The molecular formula is C10H10N4O2S. The van der Waals surface area contributed by atoms with Crippen LogP contribution in [0.2, 0.25) is 0 Å². The molecule has 6 nitrogen and oxygen atoms in total. The Bertz CT molecular complexity index is 544. The summed E-state index contributed by atoms with van der Waals surface area (Å²) in [5.74, 6) is -0.408. The van der Waals surface area contributed by atoms with E-state index in [0.29, 0.717) is 5.56 Å². The zero-order valence-corrected chi connectivity index (χ0v) is 9.85. The van der Waals surface area contributed by atoms with Gasteiger partial charge in [0.25, 0.3) is 0 Å².